The molecule has 2 aromatic carbocycles. The molecule has 0 unspecified atom stereocenters. The smallest absolute Gasteiger partial charge is 0.290 e. The van der Waals surface area contributed by atoms with Gasteiger partial charge < -0.3 is 14.0 Å². The number of rotatable bonds is 10. The Morgan fingerprint density at radius 2 is 1.83 bits per heavy atom. The van der Waals surface area contributed by atoms with Gasteiger partial charge in [0.1, 0.15) is 11.3 Å². The van der Waals surface area contributed by atoms with Crippen LogP contribution in [0.5, 0.6) is 5.88 Å². The van der Waals surface area contributed by atoms with Crippen LogP contribution in [-0.4, -0.2) is 54.3 Å². The number of nitrogens with one attached hydrogen (secondary N) is 2. The van der Waals surface area contributed by atoms with E-state index in [0.29, 0.717) is 23.4 Å². The van der Waals surface area contributed by atoms with Gasteiger partial charge in [-0.1, -0.05) is 61.9 Å². The summed E-state index contributed by atoms with van der Waals surface area (Å²) in [4.78, 5) is 17.5. The summed E-state index contributed by atoms with van der Waals surface area (Å²) in [6.45, 7) is 2.62. The van der Waals surface area contributed by atoms with Crippen molar-refractivity contribution in [2.24, 2.45) is 0 Å². The number of aromatic nitrogens is 8. The number of nitrogens with zero attached hydrogens (tertiary/aromatic N) is 6. The van der Waals surface area contributed by atoms with E-state index >= 15 is 0 Å². The Morgan fingerprint density at radius 1 is 1.03 bits per heavy atom. The molecule has 0 aliphatic carbocycles. The fourth-order valence-corrected chi connectivity index (χ4v) is 4.18. The van der Waals surface area contributed by atoms with Crippen molar-refractivity contribution in [2.45, 2.75) is 32.7 Å². The summed E-state index contributed by atoms with van der Waals surface area (Å²) in [5.41, 5.74) is 4.52. The molecule has 0 aliphatic heterocycles. The Kier molecular flexibility index (Phi) is 6.80. The number of benzene rings is 2. The molecule has 0 aliphatic rings. The van der Waals surface area contributed by atoms with Crippen LogP contribution in [0.3, 0.4) is 0 Å². The number of tetrazole rings is 1. The Bertz CT molecular complexity index is 1510. The molecule has 0 bridgehead atoms. The summed E-state index contributed by atoms with van der Waals surface area (Å²) >= 11 is 0. The molecule has 11 nitrogen and oxygen atoms in total. The second-order valence-electron chi connectivity index (χ2n) is 8.30. The summed E-state index contributed by atoms with van der Waals surface area (Å²) in [5, 5.41) is 21.0. The number of aryl methyl sites for hydroxylation is 1. The maximum atomic E-state index is 12.8. The van der Waals surface area contributed by atoms with Gasteiger partial charge in [-0.15, -0.1) is 15.3 Å². The zero-order chi connectivity index (χ0) is 24.9. The number of H-pyrrole nitrogens is 2. The number of fused-ring (bicyclic) bond motifs is 1. The molecule has 3 heterocycles. The lowest BCUT2D eigenvalue weighted by atomic mass is 9.98. The molecule has 5 rings (SSSR count). The first-order valence-corrected chi connectivity index (χ1v) is 11.7. The number of imidazole rings is 1. The van der Waals surface area contributed by atoms with Crippen molar-refractivity contribution in [3.8, 4) is 28.4 Å². The van der Waals surface area contributed by atoms with Crippen molar-refractivity contribution >= 4 is 11.0 Å². The van der Waals surface area contributed by atoms with Crippen LogP contribution in [0.25, 0.3) is 33.5 Å². The summed E-state index contributed by atoms with van der Waals surface area (Å²) in [5.74, 6) is 1.61. The third-order valence-electron chi connectivity index (χ3n) is 5.91. The zero-order valence-corrected chi connectivity index (χ0v) is 20.1. The molecule has 0 amide bonds. The third-order valence-corrected chi connectivity index (χ3v) is 5.91. The maximum absolute atomic E-state index is 12.8. The van der Waals surface area contributed by atoms with Crippen LogP contribution in [0.1, 0.15) is 31.2 Å². The van der Waals surface area contributed by atoms with E-state index in [4.69, 9.17) is 14.5 Å². The minimum Gasteiger partial charge on any atom is -0.448 e. The lowest BCUT2D eigenvalue weighted by Gasteiger charge is -2.11. The van der Waals surface area contributed by atoms with Gasteiger partial charge in [0.2, 0.25) is 5.82 Å². The summed E-state index contributed by atoms with van der Waals surface area (Å²) in [6, 6.07) is 16.1. The average Bonchev–Trinajstić information content (AvgIpc) is 3.57. The lowest BCUT2D eigenvalue weighted by Crippen LogP contribution is -2.16. The van der Waals surface area contributed by atoms with Gasteiger partial charge in [-0.2, -0.15) is 5.21 Å². The molecule has 5 aromatic rings. The van der Waals surface area contributed by atoms with E-state index in [1.807, 2.05) is 28.8 Å². The van der Waals surface area contributed by atoms with Crippen molar-refractivity contribution in [1.29, 1.82) is 0 Å². The standard InChI is InChI=1S/C25H26N8O3/c1-3-4-9-20-26-21-22(24(34)29-30-25(21)36-15-35-2)33(20)14-16-10-12-17(13-11-16)18-7-5-6-8-19(18)23-27-31-32-28-23/h5-8,10-13H,3-4,9,14-15H2,1-2H3,(H,29,34)(H,27,28,31,32). The number of unbranched alkanes of at least 4 members (excludes halogenated alkanes) is 1. The van der Waals surface area contributed by atoms with Crippen molar-refractivity contribution in [2.75, 3.05) is 13.9 Å². The predicted molar refractivity (Wildman–Crippen MR) is 133 cm³/mol. The highest BCUT2D eigenvalue weighted by Gasteiger charge is 2.19. The predicted octanol–water partition coefficient (Wildman–Crippen LogP) is 3.34. The molecule has 11 heteroatoms. The zero-order valence-electron chi connectivity index (χ0n) is 20.1. The SMILES string of the molecule is CCCCc1nc2c(OCOC)n[nH]c(=O)c2n1Cc1ccc(-c2ccccc2-c2nn[nH]n2)cc1. The molecule has 0 spiro atoms. The van der Waals surface area contributed by atoms with Crippen LogP contribution in [0.15, 0.2) is 53.3 Å². The number of ether oxygens (including phenoxy) is 2. The van der Waals surface area contributed by atoms with Gasteiger partial charge >= 0.3 is 0 Å². The number of aromatic amines is 2. The van der Waals surface area contributed by atoms with Crippen molar-refractivity contribution in [1.82, 2.24) is 40.4 Å². The van der Waals surface area contributed by atoms with Gasteiger partial charge in [-0.25, -0.2) is 10.1 Å². The van der Waals surface area contributed by atoms with Gasteiger partial charge in [0, 0.05) is 25.6 Å². The highest BCUT2D eigenvalue weighted by Crippen LogP contribution is 2.30. The second kappa shape index (κ2) is 10.5. The number of methoxy groups -OCH3 is 1. The topological polar surface area (TPSA) is 136 Å². The average molecular weight is 487 g/mol. The monoisotopic (exact) mass is 486 g/mol. The van der Waals surface area contributed by atoms with Gasteiger partial charge in [0.05, 0.1) is 0 Å². The maximum Gasteiger partial charge on any atom is 0.290 e. The van der Waals surface area contributed by atoms with Crippen LogP contribution < -0.4 is 10.3 Å². The normalized spacial score (nSPS) is 11.3. The third kappa shape index (κ3) is 4.60. The van der Waals surface area contributed by atoms with Crippen molar-refractivity contribution in [3.63, 3.8) is 0 Å². The first-order chi connectivity index (χ1) is 17.7. The summed E-state index contributed by atoms with van der Waals surface area (Å²) in [6.07, 6.45) is 2.71. The summed E-state index contributed by atoms with van der Waals surface area (Å²) < 4.78 is 12.5. The van der Waals surface area contributed by atoms with Crippen molar-refractivity contribution < 1.29 is 9.47 Å². The largest absolute Gasteiger partial charge is 0.448 e. The first-order valence-electron chi connectivity index (χ1n) is 11.7. The summed E-state index contributed by atoms with van der Waals surface area (Å²) in [7, 11) is 1.53. The quantitative estimate of drug-likeness (QED) is 0.287. The van der Waals surface area contributed by atoms with Gasteiger partial charge in [0.25, 0.3) is 11.4 Å². The Hall–Kier alpha value is -4.38. The second-order valence-corrected chi connectivity index (χ2v) is 8.30. The van der Waals surface area contributed by atoms with E-state index < -0.39 is 0 Å². The Balaban J connectivity index is 1.51. The van der Waals surface area contributed by atoms with Gasteiger partial charge in [-0.05, 0) is 28.3 Å². The molecule has 3 aromatic heterocycles. The van der Waals surface area contributed by atoms with Crippen LogP contribution in [-0.2, 0) is 17.7 Å². The van der Waals surface area contributed by atoms with Crippen LogP contribution in [0.2, 0.25) is 0 Å². The minimum atomic E-state index is -0.310. The molecular formula is C25H26N8O3. The van der Waals surface area contributed by atoms with E-state index in [0.717, 1.165) is 47.3 Å². The fraction of sp³-hybridized carbons (Fsp3) is 0.280. The Labute approximate surface area is 206 Å². The Morgan fingerprint density at radius 3 is 2.56 bits per heavy atom. The molecule has 0 saturated heterocycles. The fourth-order valence-electron chi connectivity index (χ4n) is 4.18. The van der Waals surface area contributed by atoms with Crippen LogP contribution in [0, 0.1) is 0 Å². The minimum absolute atomic E-state index is 0.0120. The molecule has 2 N–H and O–H groups in total. The molecule has 184 valence electrons. The lowest BCUT2D eigenvalue weighted by molar-refractivity contribution is 0.0482. The van der Waals surface area contributed by atoms with Crippen LogP contribution >= 0.6 is 0 Å². The highest BCUT2D eigenvalue weighted by molar-refractivity contribution is 5.81. The number of hydrogen-bond donors (Lipinski definition) is 2. The highest BCUT2D eigenvalue weighted by atomic mass is 16.7. The van der Waals surface area contributed by atoms with Crippen molar-refractivity contribution in [3.05, 3.63) is 70.3 Å². The molecular weight excluding hydrogens is 460 g/mol. The van der Waals surface area contributed by atoms with E-state index in [1.165, 1.54) is 7.11 Å². The van der Waals surface area contributed by atoms with E-state index in [1.54, 1.807) is 0 Å². The van der Waals surface area contributed by atoms with Gasteiger partial charge in [-0.3, -0.25) is 4.79 Å². The van der Waals surface area contributed by atoms with E-state index in [2.05, 4.69) is 62.0 Å². The van der Waals surface area contributed by atoms with E-state index in [-0.39, 0.29) is 18.2 Å². The van der Waals surface area contributed by atoms with Crippen LogP contribution in [0.4, 0.5) is 0 Å². The molecule has 0 saturated carbocycles. The van der Waals surface area contributed by atoms with E-state index in [9.17, 15) is 4.79 Å². The molecule has 0 fully saturated rings. The molecule has 0 atom stereocenters. The van der Waals surface area contributed by atoms with Gasteiger partial charge in [0.15, 0.2) is 12.3 Å². The molecule has 0 radical (unpaired) electrons. The molecule has 36 heavy (non-hydrogen) atoms. The first kappa shape index (κ1) is 23.4. The number of hydrogen-bond acceptors (Lipinski definition) is 8.